The van der Waals surface area contributed by atoms with Crippen LogP contribution in [0.25, 0.3) is 0 Å². The monoisotopic (exact) mass is 283 g/mol. The molecule has 0 aliphatic heterocycles. The molecule has 1 N–H and O–H groups in total. The summed E-state index contributed by atoms with van der Waals surface area (Å²) < 4.78 is 18.6. The van der Waals surface area contributed by atoms with E-state index in [1.54, 1.807) is 20.1 Å². The molecule has 0 saturated carbocycles. The fourth-order valence-corrected chi connectivity index (χ4v) is 2.54. The summed E-state index contributed by atoms with van der Waals surface area (Å²) in [6, 6.07) is 4.98. The average Bonchev–Trinajstić information content (AvgIpc) is 2.43. The molecular formula is C16H26FNO2. The maximum Gasteiger partial charge on any atom is 0.123 e. The molecule has 1 atom stereocenters. The molecule has 0 unspecified atom stereocenters. The largest absolute Gasteiger partial charge is 0.389 e. The Labute approximate surface area is 121 Å². The topological polar surface area (TPSA) is 32.7 Å². The molecule has 0 radical (unpaired) electrons. The van der Waals surface area contributed by atoms with Crippen LogP contribution in [0, 0.1) is 5.82 Å². The van der Waals surface area contributed by atoms with Crippen molar-refractivity contribution in [1.82, 2.24) is 0 Å². The van der Waals surface area contributed by atoms with Crippen molar-refractivity contribution in [3.05, 3.63) is 29.6 Å². The molecule has 1 aromatic rings. The van der Waals surface area contributed by atoms with E-state index >= 15 is 0 Å². The molecule has 1 aromatic carbocycles. The zero-order valence-corrected chi connectivity index (χ0v) is 12.9. The van der Waals surface area contributed by atoms with Crippen LogP contribution in [0.4, 0.5) is 10.1 Å². The predicted molar refractivity (Wildman–Crippen MR) is 80.6 cm³/mol. The van der Waals surface area contributed by atoms with E-state index < -0.39 is 6.10 Å². The summed E-state index contributed by atoms with van der Waals surface area (Å²) in [4.78, 5) is 2.21. The molecule has 0 aliphatic rings. The number of methoxy groups -OCH3 is 1. The van der Waals surface area contributed by atoms with Crippen LogP contribution in [0.3, 0.4) is 0 Å². The van der Waals surface area contributed by atoms with Gasteiger partial charge in [-0.05, 0) is 38.0 Å². The summed E-state index contributed by atoms with van der Waals surface area (Å²) in [5.41, 5.74) is 1.53. The second-order valence-corrected chi connectivity index (χ2v) is 5.04. The Hall–Kier alpha value is -1.13. The van der Waals surface area contributed by atoms with Gasteiger partial charge in [-0.15, -0.1) is 0 Å². The molecule has 0 spiro atoms. The fourth-order valence-electron chi connectivity index (χ4n) is 2.54. The van der Waals surface area contributed by atoms with Crippen LogP contribution >= 0.6 is 0 Å². The van der Waals surface area contributed by atoms with Gasteiger partial charge in [-0.3, -0.25) is 0 Å². The molecular weight excluding hydrogens is 257 g/mol. The second-order valence-electron chi connectivity index (χ2n) is 5.04. The van der Waals surface area contributed by atoms with Crippen LogP contribution in [0.1, 0.15) is 45.3 Å². The highest BCUT2D eigenvalue weighted by atomic mass is 19.1. The van der Waals surface area contributed by atoms with Crippen molar-refractivity contribution in [1.29, 1.82) is 0 Å². The molecule has 0 aromatic heterocycles. The molecule has 4 heteroatoms. The molecule has 0 heterocycles. The summed E-state index contributed by atoms with van der Waals surface area (Å²) in [6.45, 7) is 7.28. The van der Waals surface area contributed by atoms with Crippen LogP contribution in [-0.2, 0) is 4.74 Å². The van der Waals surface area contributed by atoms with Gasteiger partial charge in [-0.25, -0.2) is 4.39 Å². The first kappa shape index (κ1) is 16.9. The highest BCUT2D eigenvalue weighted by Gasteiger charge is 2.20. The minimum atomic E-state index is -0.694. The van der Waals surface area contributed by atoms with Gasteiger partial charge in [0.05, 0.1) is 12.7 Å². The van der Waals surface area contributed by atoms with Gasteiger partial charge in [0.25, 0.3) is 0 Å². The minimum Gasteiger partial charge on any atom is -0.389 e. The number of aliphatic hydroxyl groups is 1. The van der Waals surface area contributed by atoms with E-state index in [0.717, 1.165) is 25.1 Å². The van der Waals surface area contributed by atoms with Gasteiger partial charge in [0, 0.05) is 30.9 Å². The normalized spacial score (nSPS) is 12.8. The zero-order chi connectivity index (χ0) is 15.1. The Kier molecular flexibility index (Phi) is 6.96. The number of hydrogen-bond donors (Lipinski definition) is 1. The summed E-state index contributed by atoms with van der Waals surface area (Å²) in [5.74, 6) is -0.319. The van der Waals surface area contributed by atoms with E-state index in [1.165, 1.54) is 12.1 Å². The van der Waals surface area contributed by atoms with Gasteiger partial charge in [0.1, 0.15) is 5.82 Å². The third-order valence-electron chi connectivity index (χ3n) is 3.67. The summed E-state index contributed by atoms with van der Waals surface area (Å²) in [7, 11) is 1.67. The number of nitrogens with zero attached hydrogens (tertiary/aromatic N) is 1. The maximum atomic E-state index is 13.4. The van der Waals surface area contributed by atoms with Gasteiger partial charge in [-0.2, -0.15) is 0 Å². The Morgan fingerprint density at radius 3 is 2.45 bits per heavy atom. The average molecular weight is 283 g/mol. The van der Waals surface area contributed by atoms with Crippen LogP contribution in [0.15, 0.2) is 18.2 Å². The number of benzene rings is 1. The van der Waals surface area contributed by atoms with Gasteiger partial charge >= 0.3 is 0 Å². The minimum absolute atomic E-state index is 0.319. The van der Waals surface area contributed by atoms with Crippen LogP contribution < -0.4 is 4.90 Å². The van der Waals surface area contributed by atoms with Crippen molar-refractivity contribution in [2.24, 2.45) is 0 Å². The third kappa shape index (κ3) is 4.18. The number of aliphatic hydroxyl groups excluding tert-OH is 1. The SMILES string of the molecule is CCC(CC)N(CCOC)c1ccc(F)cc1[C@@H](C)O. The molecule has 20 heavy (non-hydrogen) atoms. The summed E-state index contributed by atoms with van der Waals surface area (Å²) >= 11 is 0. The molecule has 0 bridgehead atoms. The lowest BCUT2D eigenvalue weighted by Crippen LogP contribution is -2.38. The third-order valence-corrected chi connectivity index (χ3v) is 3.67. The van der Waals surface area contributed by atoms with Crippen molar-refractivity contribution in [3.63, 3.8) is 0 Å². The number of halogens is 1. The standard InChI is InChI=1S/C16H26FNO2/c1-5-14(6-2)18(9-10-20-4)16-8-7-13(17)11-15(16)12(3)19/h7-8,11-12,14,19H,5-6,9-10H2,1-4H3/t12-/m1/s1. The Morgan fingerprint density at radius 1 is 1.30 bits per heavy atom. The Morgan fingerprint density at radius 2 is 1.95 bits per heavy atom. The Bertz CT molecular complexity index is 405. The van der Waals surface area contributed by atoms with E-state index in [-0.39, 0.29) is 5.82 Å². The van der Waals surface area contributed by atoms with Crippen molar-refractivity contribution in [3.8, 4) is 0 Å². The van der Waals surface area contributed by atoms with E-state index in [0.29, 0.717) is 18.2 Å². The number of rotatable bonds is 8. The summed E-state index contributed by atoms with van der Waals surface area (Å²) in [6.07, 6.45) is 1.30. The van der Waals surface area contributed by atoms with Crippen LogP contribution in [0.2, 0.25) is 0 Å². The van der Waals surface area contributed by atoms with E-state index in [4.69, 9.17) is 4.74 Å². The zero-order valence-electron chi connectivity index (χ0n) is 12.9. The number of anilines is 1. The van der Waals surface area contributed by atoms with Gasteiger partial charge < -0.3 is 14.7 Å². The lowest BCUT2D eigenvalue weighted by Gasteiger charge is -2.34. The summed E-state index contributed by atoms with van der Waals surface area (Å²) in [5, 5.41) is 9.91. The molecule has 0 amide bonds. The van der Waals surface area contributed by atoms with E-state index in [9.17, 15) is 9.50 Å². The molecule has 0 saturated heterocycles. The number of ether oxygens (including phenoxy) is 1. The predicted octanol–water partition coefficient (Wildman–Crippen LogP) is 3.52. The quantitative estimate of drug-likeness (QED) is 0.792. The van der Waals surface area contributed by atoms with Crippen molar-refractivity contribution >= 4 is 5.69 Å². The highest BCUT2D eigenvalue weighted by Crippen LogP contribution is 2.30. The van der Waals surface area contributed by atoms with Crippen molar-refractivity contribution in [2.45, 2.75) is 45.8 Å². The molecule has 1 rings (SSSR count). The maximum absolute atomic E-state index is 13.4. The van der Waals surface area contributed by atoms with Crippen LogP contribution in [-0.4, -0.2) is 31.4 Å². The second kappa shape index (κ2) is 8.22. The van der Waals surface area contributed by atoms with E-state index in [1.807, 2.05) is 0 Å². The lowest BCUT2D eigenvalue weighted by atomic mass is 10.0. The fraction of sp³-hybridized carbons (Fsp3) is 0.625. The molecule has 0 aliphatic carbocycles. The lowest BCUT2D eigenvalue weighted by molar-refractivity contribution is 0.195. The molecule has 114 valence electrons. The first-order valence-corrected chi connectivity index (χ1v) is 7.28. The number of hydrogen-bond acceptors (Lipinski definition) is 3. The van der Waals surface area contributed by atoms with E-state index in [2.05, 4.69) is 18.7 Å². The molecule has 0 fully saturated rings. The van der Waals surface area contributed by atoms with Gasteiger partial charge in [0.15, 0.2) is 0 Å². The van der Waals surface area contributed by atoms with Crippen molar-refractivity contribution in [2.75, 3.05) is 25.2 Å². The van der Waals surface area contributed by atoms with Gasteiger partial charge in [-0.1, -0.05) is 13.8 Å². The highest BCUT2D eigenvalue weighted by molar-refractivity contribution is 5.55. The van der Waals surface area contributed by atoms with Gasteiger partial charge in [0.2, 0.25) is 0 Å². The first-order chi connectivity index (χ1) is 9.54. The smallest absolute Gasteiger partial charge is 0.123 e. The van der Waals surface area contributed by atoms with Crippen LogP contribution in [0.5, 0.6) is 0 Å². The first-order valence-electron chi connectivity index (χ1n) is 7.28. The Balaban J connectivity index is 3.17. The van der Waals surface area contributed by atoms with Crippen molar-refractivity contribution < 1.29 is 14.2 Å². The molecule has 3 nitrogen and oxygen atoms in total.